The SMILES string of the molecule is CCOC(C(N)c1cc(F)ccc1C)C(C)(C)C. The van der Waals surface area contributed by atoms with Crippen molar-refractivity contribution < 1.29 is 9.13 Å². The number of rotatable bonds is 4. The Morgan fingerprint density at radius 2 is 1.94 bits per heavy atom. The van der Waals surface area contributed by atoms with Gasteiger partial charge in [-0.15, -0.1) is 0 Å². The van der Waals surface area contributed by atoms with Gasteiger partial charge in [-0.3, -0.25) is 0 Å². The first-order chi connectivity index (χ1) is 8.27. The molecular formula is C15H24FNO. The van der Waals surface area contributed by atoms with E-state index in [1.807, 2.05) is 13.8 Å². The van der Waals surface area contributed by atoms with E-state index < -0.39 is 0 Å². The molecule has 0 aliphatic carbocycles. The summed E-state index contributed by atoms with van der Waals surface area (Å²) < 4.78 is 19.1. The number of hydrogen-bond donors (Lipinski definition) is 1. The fraction of sp³-hybridized carbons (Fsp3) is 0.600. The maximum absolute atomic E-state index is 13.4. The molecule has 0 aliphatic heterocycles. The van der Waals surface area contributed by atoms with Crippen LogP contribution in [-0.4, -0.2) is 12.7 Å². The summed E-state index contributed by atoms with van der Waals surface area (Å²) >= 11 is 0. The highest BCUT2D eigenvalue weighted by Gasteiger charge is 2.32. The first-order valence-corrected chi connectivity index (χ1v) is 6.40. The Morgan fingerprint density at radius 3 is 2.44 bits per heavy atom. The van der Waals surface area contributed by atoms with Gasteiger partial charge in [0.25, 0.3) is 0 Å². The normalized spacial score (nSPS) is 15.5. The predicted octanol–water partition coefficient (Wildman–Crippen LogP) is 3.59. The minimum atomic E-state index is -0.319. The molecule has 1 rings (SSSR count). The zero-order chi connectivity index (χ0) is 13.9. The molecular weight excluding hydrogens is 229 g/mol. The summed E-state index contributed by atoms with van der Waals surface area (Å²) in [5, 5.41) is 0. The van der Waals surface area contributed by atoms with Crippen LogP contribution in [0.4, 0.5) is 4.39 Å². The van der Waals surface area contributed by atoms with Gasteiger partial charge < -0.3 is 10.5 Å². The standard InChI is InChI=1S/C15H24FNO/c1-6-18-14(15(3,4)5)13(17)12-9-11(16)8-7-10(12)2/h7-9,13-14H,6,17H2,1-5H3. The summed E-state index contributed by atoms with van der Waals surface area (Å²) in [7, 11) is 0. The van der Waals surface area contributed by atoms with Crippen molar-refractivity contribution in [3.63, 3.8) is 0 Å². The van der Waals surface area contributed by atoms with E-state index in [1.165, 1.54) is 12.1 Å². The van der Waals surface area contributed by atoms with Crippen LogP contribution in [-0.2, 0) is 4.74 Å². The van der Waals surface area contributed by atoms with Gasteiger partial charge in [0, 0.05) is 6.61 Å². The summed E-state index contributed by atoms with van der Waals surface area (Å²) in [5.74, 6) is -0.254. The molecule has 0 saturated heterocycles. The van der Waals surface area contributed by atoms with Crippen molar-refractivity contribution in [1.29, 1.82) is 0 Å². The second kappa shape index (κ2) is 5.81. The average Bonchev–Trinajstić information content (AvgIpc) is 2.27. The van der Waals surface area contributed by atoms with Crippen LogP contribution in [0.3, 0.4) is 0 Å². The molecule has 0 aromatic heterocycles. The van der Waals surface area contributed by atoms with Crippen molar-refractivity contribution in [2.45, 2.75) is 46.8 Å². The Morgan fingerprint density at radius 1 is 1.33 bits per heavy atom. The highest BCUT2D eigenvalue weighted by Crippen LogP contribution is 2.32. The first kappa shape index (κ1) is 15.1. The molecule has 3 heteroatoms. The van der Waals surface area contributed by atoms with Crippen molar-refractivity contribution in [2.75, 3.05) is 6.61 Å². The van der Waals surface area contributed by atoms with E-state index in [9.17, 15) is 4.39 Å². The molecule has 2 N–H and O–H groups in total. The Hall–Kier alpha value is -0.930. The lowest BCUT2D eigenvalue weighted by molar-refractivity contribution is -0.0284. The Kier molecular flexibility index (Phi) is 4.88. The van der Waals surface area contributed by atoms with Gasteiger partial charge in [0.2, 0.25) is 0 Å². The van der Waals surface area contributed by atoms with Crippen LogP contribution in [0.15, 0.2) is 18.2 Å². The van der Waals surface area contributed by atoms with Crippen molar-refractivity contribution in [2.24, 2.45) is 11.1 Å². The molecule has 0 spiro atoms. The second-order valence-corrected chi connectivity index (χ2v) is 5.77. The van der Waals surface area contributed by atoms with Gasteiger partial charge in [-0.05, 0) is 42.5 Å². The minimum absolute atomic E-state index is 0.0891. The quantitative estimate of drug-likeness (QED) is 0.890. The molecule has 0 bridgehead atoms. The molecule has 0 radical (unpaired) electrons. The van der Waals surface area contributed by atoms with Crippen LogP contribution < -0.4 is 5.73 Å². The average molecular weight is 253 g/mol. The number of benzene rings is 1. The van der Waals surface area contributed by atoms with Crippen molar-refractivity contribution >= 4 is 0 Å². The van der Waals surface area contributed by atoms with Crippen molar-refractivity contribution in [1.82, 2.24) is 0 Å². The van der Waals surface area contributed by atoms with Crippen LogP contribution in [0.5, 0.6) is 0 Å². The fourth-order valence-corrected chi connectivity index (χ4v) is 2.21. The topological polar surface area (TPSA) is 35.2 Å². The van der Waals surface area contributed by atoms with E-state index in [-0.39, 0.29) is 23.4 Å². The summed E-state index contributed by atoms with van der Waals surface area (Å²) in [5.41, 5.74) is 8.02. The number of ether oxygens (including phenoxy) is 1. The maximum atomic E-state index is 13.4. The van der Waals surface area contributed by atoms with Crippen molar-refractivity contribution in [3.05, 3.63) is 35.1 Å². The summed E-state index contributed by atoms with van der Waals surface area (Å²) in [6, 6.07) is 4.41. The van der Waals surface area contributed by atoms with E-state index in [0.29, 0.717) is 6.61 Å². The Balaban J connectivity index is 3.09. The lowest BCUT2D eigenvalue weighted by Crippen LogP contribution is -2.39. The zero-order valence-corrected chi connectivity index (χ0v) is 12.0. The van der Waals surface area contributed by atoms with Crippen LogP contribution in [0.1, 0.15) is 44.9 Å². The molecule has 2 atom stereocenters. The molecule has 0 heterocycles. The smallest absolute Gasteiger partial charge is 0.123 e. The molecule has 1 aromatic rings. The van der Waals surface area contributed by atoms with Gasteiger partial charge >= 0.3 is 0 Å². The molecule has 0 aliphatic rings. The van der Waals surface area contributed by atoms with Crippen molar-refractivity contribution in [3.8, 4) is 0 Å². The molecule has 2 unspecified atom stereocenters. The van der Waals surface area contributed by atoms with Gasteiger partial charge in [0.15, 0.2) is 0 Å². The fourth-order valence-electron chi connectivity index (χ4n) is 2.21. The van der Waals surface area contributed by atoms with E-state index >= 15 is 0 Å². The highest BCUT2D eigenvalue weighted by atomic mass is 19.1. The lowest BCUT2D eigenvalue weighted by Gasteiger charge is -2.35. The molecule has 0 amide bonds. The molecule has 2 nitrogen and oxygen atoms in total. The highest BCUT2D eigenvalue weighted by molar-refractivity contribution is 5.30. The number of hydrogen-bond acceptors (Lipinski definition) is 2. The second-order valence-electron chi connectivity index (χ2n) is 5.77. The largest absolute Gasteiger partial charge is 0.376 e. The third-order valence-corrected chi connectivity index (χ3v) is 3.13. The van der Waals surface area contributed by atoms with Crippen LogP contribution in [0.2, 0.25) is 0 Å². The first-order valence-electron chi connectivity index (χ1n) is 6.40. The minimum Gasteiger partial charge on any atom is -0.376 e. The maximum Gasteiger partial charge on any atom is 0.123 e. The van der Waals surface area contributed by atoms with Gasteiger partial charge in [-0.2, -0.15) is 0 Å². The van der Waals surface area contributed by atoms with Crippen LogP contribution in [0, 0.1) is 18.2 Å². The van der Waals surface area contributed by atoms with Gasteiger partial charge in [-0.1, -0.05) is 26.8 Å². The molecule has 0 saturated carbocycles. The third-order valence-electron chi connectivity index (χ3n) is 3.13. The zero-order valence-electron chi connectivity index (χ0n) is 12.0. The molecule has 1 aromatic carbocycles. The summed E-state index contributed by atoms with van der Waals surface area (Å²) in [4.78, 5) is 0. The molecule has 102 valence electrons. The Labute approximate surface area is 109 Å². The summed E-state index contributed by atoms with van der Waals surface area (Å²) in [6.07, 6.45) is -0.136. The third kappa shape index (κ3) is 3.53. The predicted molar refractivity (Wildman–Crippen MR) is 72.9 cm³/mol. The van der Waals surface area contributed by atoms with Crippen LogP contribution >= 0.6 is 0 Å². The number of nitrogens with two attached hydrogens (primary N) is 1. The van der Waals surface area contributed by atoms with E-state index in [2.05, 4.69) is 20.8 Å². The lowest BCUT2D eigenvalue weighted by atomic mass is 9.81. The van der Waals surface area contributed by atoms with Gasteiger partial charge in [-0.25, -0.2) is 4.39 Å². The van der Waals surface area contributed by atoms with Crippen LogP contribution in [0.25, 0.3) is 0 Å². The molecule has 18 heavy (non-hydrogen) atoms. The summed E-state index contributed by atoms with van der Waals surface area (Å²) in [6.45, 7) is 10.7. The number of halogens is 1. The van der Waals surface area contributed by atoms with E-state index in [4.69, 9.17) is 10.5 Å². The monoisotopic (exact) mass is 253 g/mol. The van der Waals surface area contributed by atoms with Gasteiger partial charge in [0.05, 0.1) is 12.1 Å². The van der Waals surface area contributed by atoms with Gasteiger partial charge in [0.1, 0.15) is 5.82 Å². The molecule has 0 fully saturated rings. The Bertz CT molecular complexity index is 398. The van der Waals surface area contributed by atoms with E-state index in [0.717, 1.165) is 11.1 Å². The number of aryl methyl sites for hydroxylation is 1. The van der Waals surface area contributed by atoms with E-state index in [1.54, 1.807) is 6.07 Å².